The number of aromatic nitrogens is 3. The molecule has 0 amide bonds. The summed E-state index contributed by atoms with van der Waals surface area (Å²) in [7, 11) is 0. The van der Waals surface area contributed by atoms with Crippen LogP contribution in [0.3, 0.4) is 0 Å². The maximum absolute atomic E-state index is 11.1. The first-order valence-corrected chi connectivity index (χ1v) is 4.16. The van der Waals surface area contributed by atoms with Crippen LogP contribution in [-0.4, -0.2) is 10.1 Å². The molecule has 0 fully saturated rings. The Balaban J connectivity index is 2.51. The fraction of sp³-hybridized carbons (Fsp3) is 0.222. The number of hydrogen-bond donors (Lipinski definition) is 0. The van der Waals surface area contributed by atoms with Gasteiger partial charge in [0.15, 0.2) is 12.4 Å². The van der Waals surface area contributed by atoms with Crippen molar-refractivity contribution in [3.8, 4) is 11.4 Å². The molecule has 2 aromatic rings. The molecule has 0 N–H and O–H groups in total. The standard InChI is InChI=1S/C9H9N3O2/c1-6-3-8(5-12(13)4-6)9-10-7(2)14-11-9/h3-5H,1-2H3. The Bertz CT molecular complexity index is 445. The average molecular weight is 191 g/mol. The van der Waals surface area contributed by atoms with Gasteiger partial charge >= 0.3 is 0 Å². The molecule has 2 aromatic heterocycles. The van der Waals surface area contributed by atoms with Gasteiger partial charge in [0.05, 0.1) is 5.56 Å². The number of pyridine rings is 1. The molecule has 0 radical (unpaired) electrons. The molecule has 14 heavy (non-hydrogen) atoms. The fourth-order valence-electron chi connectivity index (χ4n) is 1.23. The summed E-state index contributed by atoms with van der Waals surface area (Å²) < 4.78 is 5.56. The van der Waals surface area contributed by atoms with Crippen molar-refractivity contribution in [2.45, 2.75) is 13.8 Å². The maximum Gasteiger partial charge on any atom is 0.223 e. The second-order valence-electron chi connectivity index (χ2n) is 3.10. The van der Waals surface area contributed by atoms with Crippen LogP contribution in [0.4, 0.5) is 0 Å². The van der Waals surface area contributed by atoms with Crippen molar-refractivity contribution in [2.75, 3.05) is 0 Å². The van der Waals surface area contributed by atoms with E-state index in [1.54, 1.807) is 6.92 Å². The van der Waals surface area contributed by atoms with Gasteiger partial charge in [-0.1, -0.05) is 5.16 Å². The Hall–Kier alpha value is -1.91. The van der Waals surface area contributed by atoms with Crippen LogP contribution >= 0.6 is 0 Å². The Labute approximate surface area is 80.6 Å². The highest BCUT2D eigenvalue weighted by atomic mass is 16.5. The number of rotatable bonds is 1. The van der Waals surface area contributed by atoms with E-state index >= 15 is 0 Å². The van der Waals surface area contributed by atoms with Gasteiger partial charge in [-0.3, -0.25) is 0 Å². The van der Waals surface area contributed by atoms with E-state index in [9.17, 15) is 5.21 Å². The van der Waals surface area contributed by atoms with Crippen molar-refractivity contribution in [3.63, 3.8) is 0 Å². The topological polar surface area (TPSA) is 65.9 Å². The highest BCUT2D eigenvalue weighted by Crippen LogP contribution is 2.14. The van der Waals surface area contributed by atoms with Crippen LogP contribution in [0.25, 0.3) is 11.4 Å². The Morgan fingerprint density at radius 3 is 2.71 bits per heavy atom. The van der Waals surface area contributed by atoms with Crippen LogP contribution in [-0.2, 0) is 0 Å². The molecular formula is C9H9N3O2. The summed E-state index contributed by atoms with van der Waals surface area (Å²) in [5.41, 5.74) is 1.52. The predicted molar refractivity (Wildman–Crippen MR) is 48.2 cm³/mol. The second-order valence-corrected chi connectivity index (χ2v) is 3.10. The van der Waals surface area contributed by atoms with Crippen LogP contribution in [0.15, 0.2) is 23.0 Å². The largest absolute Gasteiger partial charge is 0.619 e. The third-order valence-corrected chi connectivity index (χ3v) is 1.77. The zero-order chi connectivity index (χ0) is 10.1. The lowest BCUT2D eigenvalue weighted by molar-refractivity contribution is -0.605. The molecule has 0 saturated heterocycles. The highest BCUT2D eigenvalue weighted by Gasteiger charge is 2.09. The van der Waals surface area contributed by atoms with Crippen molar-refractivity contribution < 1.29 is 9.25 Å². The van der Waals surface area contributed by atoms with Gasteiger partial charge < -0.3 is 9.73 Å². The van der Waals surface area contributed by atoms with Gasteiger partial charge in [0, 0.05) is 12.5 Å². The molecule has 72 valence electrons. The molecule has 0 aromatic carbocycles. The highest BCUT2D eigenvalue weighted by molar-refractivity contribution is 5.52. The van der Waals surface area contributed by atoms with Crippen molar-refractivity contribution in [1.82, 2.24) is 10.1 Å². The smallest absolute Gasteiger partial charge is 0.223 e. The number of nitrogens with zero attached hydrogens (tertiary/aromatic N) is 3. The van der Waals surface area contributed by atoms with Gasteiger partial charge in [0.25, 0.3) is 0 Å². The molecule has 2 heterocycles. The first-order chi connectivity index (χ1) is 6.65. The molecule has 0 bridgehead atoms. The lowest BCUT2D eigenvalue weighted by Gasteiger charge is -1.98. The first-order valence-electron chi connectivity index (χ1n) is 4.16. The van der Waals surface area contributed by atoms with Crippen molar-refractivity contribution in [2.24, 2.45) is 0 Å². The minimum atomic E-state index is 0.441. The average Bonchev–Trinajstić information content (AvgIpc) is 2.50. The van der Waals surface area contributed by atoms with E-state index in [4.69, 9.17) is 4.52 Å². The predicted octanol–water partition coefficient (Wildman–Crippen LogP) is 0.987. The lowest BCUT2D eigenvalue weighted by Crippen LogP contribution is -2.25. The van der Waals surface area contributed by atoms with Crippen LogP contribution in [0.2, 0.25) is 0 Å². The zero-order valence-electron chi connectivity index (χ0n) is 7.89. The van der Waals surface area contributed by atoms with Gasteiger partial charge in [0.1, 0.15) is 0 Å². The summed E-state index contributed by atoms with van der Waals surface area (Å²) in [6, 6.07) is 1.83. The number of aryl methyl sites for hydroxylation is 2. The summed E-state index contributed by atoms with van der Waals surface area (Å²) >= 11 is 0. The third kappa shape index (κ3) is 1.56. The summed E-state index contributed by atoms with van der Waals surface area (Å²) in [6.07, 6.45) is 2.90. The summed E-state index contributed by atoms with van der Waals surface area (Å²) in [6.45, 7) is 3.54. The molecule has 0 aliphatic heterocycles. The van der Waals surface area contributed by atoms with Gasteiger partial charge in [-0.15, -0.1) is 0 Å². The van der Waals surface area contributed by atoms with E-state index < -0.39 is 0 Å². The maximum atomic E-state index is 11.1. The van der Waals surface area contributed by atoms with Gasteiger partial charge in [0.2, 0.25) is 11.7 Å². The van der Waals surface area contributed by atoms with E-state index in [-0.39, 0.29) is 0 Å². The normalized spacial score (nSPS) is 10.4. The summed E-state index contributed by atoms with van der Waals surface area (Å²) in [5.74, 6) is 0.926. The van der Waals surface area contributed by atoms with Gasteiger partial charge in [-0.25, -0.2) is 0 Å². The Morgan fingerprint density at radius 1 is 1.36 bits per heavy atom. The molecule has 0 atom stereocenters. The van der Waals surface area contributed by atoms with E-state index in [1.807, 2.05) is 13.0 Å². The molecular weight excluding hydrogens is 182 g/mol. The molecule has 0 saturated carbocycles. The molecule has 0 unspecified atom stereocenters. The molecule has 5 nitrogen and oxygen atoms in total. The van der Waals surface area contributed by atoms with Crippen LogP contribution in [0.5, 0.6) is 0 Å². The van der Waals surface area contributed by atoms with E-state index in [1.165, 1.54) is 12.4 Å². The van der Waals surface area contributed by atoms with E-state index in [0.29, 0.717) is 17.3 Å². The minimum Gasteiger partial charge on any atom is -0.619 e. The number of hydrogen-bond acceptors (Lipinski definition) is 4. The molecule has 0 spiro atoms. The molecule has 5 heteroatoms. The monoisotopic (exact) mass is 191 g/mol. The molecule has 2 rings (SSSR count). The first kappa shape index (κ1) is 8.68. The molecule has 0 aliphatic rings. The lowest BCUT2D eigenvalue weighted by atomic mass is 10.2. The quantitative estimate of drug-likeness (QED) is 0.498. The van der Waals surface area contributed by atoms with Gasteiger partial charge in [-0.05, 0) is 13.0 Å². The SMILES string of the molecule is Cc1cc(-c2noc(C)n2)c[n+]([O-])c1. The Kier molecular flexibility index (Phi) is 1.92. The molecule has 0 aliphatic carbocycles. The zero-order valence-corrected chi connectivity index (χ0v) is 7.89. The van der Waals surface area contributed by atoms with E-state index in [0.717, 1.165) is 10.3 Å². The van der Waals surface area contributed by atoms with Crippen LogP contribution in [0, 0.1) is 19.1 Å². The van der Waals surface area contributed by atoms with Crippen LogP contribution in [0.1, 0.15) is 11.5 Å². The Morgan fingerprint density at radius 2 is 2.14 bits per heavy atom. The second kappa shape index (κ2) is 3.10. The summed E-state index contributed by atoms with van der Waals surface area (Å²) in [4.78, 5) is 4.03. The van der Waals surface area contributed by atoms with Gasteiger partial charge in [-0.2, -0.15) is 9.71 Å². The fourth-order valence-corrected chi connectivity index (χ4v) is 1.23. The van der Waals surface area contributed by atoms with Crippen molar-refractivity contribution in [1.29, 1.82) is 0 Å². The minimum absolute atomic E-state index is 0.441. The van der Waals surface area contributed by atoms with E-state index in [2.05, 4.69) is 10.1 Å². The summed E-state index contributed by atoms with van der Waals surface area (Å²) in [5, 5.41) is 14.9. The third-order valence-electron chi connectivity index (χ3n) is 1.77. The van der Waals surface area contributed by atoms with Crippen molar-refractivity contribution in [3.05, 3.63) is 35.1 Å². The van der Waals surface area contributed by atoms with Crippen molar-refractivity contribution >= 4 is 0 Å². The van der Waals surface area contributed by atoms with Crippen LogP contribution < -0.4 is 4.73 Å².